The van der Waals surface area contributed by atoms with Gasteiger partial charge in [0.25, 0.3) is 0 Å². The molecule has 0 N–H and O–H groups in total. The van der Waals surface area contributed by atoms with Gasteiger partial charge in [-0.05, 0) is 50.3 Å². The first-order valence-electron chi connectivity index (χ1n) is 9.69. The predicted molar refractivity (Wildman–Crippen MR) is 109 cm³/mol. The molecule has 136 valence electrons. The molecule has 0 spiro atoms. The monoisotopic (exact) mass is 348 g/mol. The van der Waals surface area contributed by atoms with Crippen molar-refractivity contribution in [2.75, 3.05) is 18.0 Å². The van der Waals surface area contributed by atoms with Gasteiger partial charge < -0.3 is 9.47 Å². The van der Waals surface area contributed by atoms with Crippen LogP contribution in [0.25, 0.3) is 22.2 Å². The molecular formula is C22H28N4. The summed E-state index contributed by atoms with van der Waals surface area (Å²) in [7, 11) is 2.12. The Morgan fingerprint density at radius 3 is 2.19 bits per heavy atom. The van der Waals surface area contributed by atoms with E-state index in [1.807, 2.05) is 0 Å². The topological polar surface area (TPSA) is 34.0 Å². The lowest BCUT2D eigenvalue weighted by atomic mass is 9.95. The average molecular weight is 348 g/mol. The van der Waals surface area contributed by atoms with Gasteiger partial charge >= 0.3 is 0 Å². The van der Waals surface area contributed by atoms with Crippen LogP contribution in [0.3, 0.4) is 0 Å². The van der Waals surface area contributed by atoms with Crippen LogP contribution < -0.4 is 4.90 Å². The second-order valence-electron chi connectivity index (χ2n) is 7.72. The van der Waals surface area contributed by atoms with Gasteiger partial charge in [-0.2, -0.15) is 0 Å². The van der Waals surface area contributed by atoms with E-state index in [0.29, 0.717) is 0 Å². The lowest BCUT2D eigenvalue weighted by molar-refractivity contribution is 0.726. The molecule has 0 aliphatic carbocycles. The summed E-state index contributed by atoms with van der Waals surface area (Å²) in [5, 5.41) is 0. The van der Waals surface area contributed by atoms with E-state index in [1.165, 1.54) is 53.5 Å². The van der Waals surface area contributed by atoms with Crippen LogP contribution in [-0.4, -0.2) is 27.6 Å². The summed E-state index contributed by atoms with van der Waals surface area (Å²) in [6.45, 7) is 8.74. The van der Waals surface area contributed by atoms with Crippen LogP contribution in [0.2, 0.25) is 0 Å². The summed E-state index contributed by atoms with van der Waals surface area (Å²) in [4.78, 5) is 11.9. The summed E-state index contributed by atoms with van der Waals surface area (Å²) >= 11 is 0. The minimum absolute atomic E-state index is 1.07. The van der Waals surface area contributed by atoms with Crippen molar-refractivity contribution in [1.29, 1.82) is 0 Å². The summed E-state index contributed by atoms with van der Waals surface area (Å²) in [5.41, 5.74) is 8.68. The van der Waals surface area contributed by atoms with E-state index in [0.717, 1.165) is 29.9 Å². The second-order valence-corrected chi connectivity index (χ2v) is 7.72. The van der Waals surface area contributed by atoms with E-state index in [9.17, 15) is 0 Å². The van der Waals surface area contributed by atoms with E-state index >= 15 is 0 Å². The average Bonchev–Trinajstić information content (AvgIpc) is 2.78. The van der Waals surface area contributed by atoms with E-state index in [-0.39, 0.29) is 0 Å². The van der Waals surface area contributed by atoms with Crippen molar-refractivity contribution in [3.8, 4) is 11.1 Å². The van der Waals surface area contributed by atoms with Crippen molar-refractivity contribution >= 4 is 16.9 Å². The number of hydrogen-bond acceptors (Lipinski definition) is 3. The molecule has 26 heavy (non-hydrogen) atoms. The van der Waals surface area contributed by atoms with Crippen LogP contribution >= 0.6 is 0 Å². The Morgan fingerprint density at radius 2 is 1.54 bits per heavy atom. The Bertz CT molecular complexity index is 923. The molecular weight excluding hydrogens is 320 g/mol. The number of hydrogen-bond donors (Lipinski definition) is 0. The molecule has 1 aliphatic rings. The molecule has 4 nitrogen and oxygen atoms in total. The lowest BCUT2D eigenvalue weighted by Gasteiger charge is -2.22. The summed E-state index contributed by atoms with van der Waals surface area (Å²) < 4.78 is 2.21. The number of nitrogens with zero attached hydrogens (tertiary/aromatic N) is 4. The minimum Gasteiger partial charge on any atom is -0.355 e. The molecule has 0 saturated carbocycles. The van der Waals surface area contributed by atoms with E-state index in [2.05, 4.69) is 55.6 Å². The molecule has 4 rings (SSSR count). The zero-order chi connectivity index (χ0) is 18.3. The summed E-state index contributed by atoms with van der Waals surface area (Å²) in [6.07, 6.45) is 9.11. The quantitative estimate of drug-likeness (QED) is 0.658. The summed E-state index contributed by atoms with van der Waals surface area (Å²) in [5.74, 6) is 1.09. The number of aromatic nitrogens is 3. The molecule has 2 aromatic heterocycles. The molecule has 3 aromatic rings. The van der Waals surface area contributed by atoms with Gasteiger partial charge in [-0.15, -0.1) is 0 Å². The molecule has 1 aliphatic heterocycles. The largest absolute Gasteiger partial charge is 0.355 e. The Balaban J connectivity index is 1.91. The highest BCUT2D eigenvalue weighted by Gasteiger charge is 2.21. The molecule has 0 atom stereocenters. The minimum atomic E-state index is 1.07. The second kappa shape index (κ2) is 6.75. The van der Waals surface area contributed by atoms with Crippen molar-refractivity contribution in [3.63, 3.8) is 0 Å². The smallest absolute Gasteiger partial charge is 0.156 e. The van der Waals surface area contributed by atoms with E-state index < -0.39 is 0 Å². The SMILES string of the molecule is Cc1cc(C)c(-c2cn(C)c3c(N4CCCCCC4)ncnc23)c(C)c1. The molecule has 3 heterocycles. The third-order valence-electron chi connectivity index (χ3n) is 5.59. The van der Waals surface area contributed by atoms with Crippen molar-refractivity contribution in [2.24, 2.45) is 7.05 Å². The van der Waals surface area contributed by atoms with Gasteiger partial charge in [0.05, 0.1) is 0 Å². The zero-order valence-electron chi connectivity index (χ0n) is 16.3. The Morgan fingerprint density at radius 1 is 0.885 bits per heavy atom. The van der Waals surface area contributed by atoms with Gasteiger partial charge in [-0.1, -0.05) is 30.5 Å². The third kappa shape index (κ3) is 2.87. The Kier molecular flexibility index (Phi) is 4.43. The fraction of sp³-hybridized carbons (Fsp3) is 0.455. The van der Waals surface area contributed by atoms with Gasteiger partial charge in [0.1, 0.15) is 17.4 Å². The van der Waals surface area contributed by atoms with Crippen LogP contribution in [0.1, 0.15) is 42.4 Å². The maximum Gasteiger partial charge on any atom is 0.156 e. The number of anilines is 1. The van der Waals surface area contributed by atoms with Crippen LogP contribution in [0.15, 0.2) is 24.7 Å². The van der Waals surface area contributed by atoms with Gasteiger partial charge in [0.2, 0.25) is 0 Å². The Labute approximate surface area is 155 Å². The molecule has 1 fully saturated rings. The maximum atomic E-state index is 4.70. The maximum absolute atomic E-state index is 4.70. The molecule has 0 amide bonds. The highest BCUT2D eigenvalue weighted by atomic mass is 15.2. The number of rotatable bonds is 2. The number of benzene rings is 1. The first kappa shape index (κ1) is 17.1. The molecule has 0 bridgehead atoms. The van der Waals surface area contributed by atoms with Gasteiger partial charge in [0.15, 0.2) is 5.82 Å². The molecule has 1 saturated heterocycles. The first-order chi connectivity index (χ1) is 12.6. The van der Waals surface area contributed by atoms with Crippen LogP contribution in [-0.2, 0) is 7.05 Å². The standard InChI is InChI=1S/C22H28N4/c1-15-11-16(2)19(17(3)12-15)18-13-25(4)21-20(18)23-14-24-22(21)26-9-7-5-6-8-10-26/h11-14H,5-10H2,1-4H3. The van der Waals surface area contributed by atoms with Crippen LogP contribution in [0.5, 0.6) is 0 Å². The fourth-order valence-electron chi connectivity index (χ4n) is 4.51. The molecule has 4 heteroatoms. The van der Waals surface area contributed by atoms with Crippen molar-refractivity contribution < 1.29 is 0 Å². The van der Waals surface area contributed by atoms with Crippen molar-refractivity contribution in [3.05, 3.63) is 41.3 Å². The number of aryl methyl sites for hydroxylation is 4. The first-order valence-corrected chi connectivity index (χ1v) is 9.69. The lowest BCUT2D eigenvalue weighted by Crippen LogP contribution is -2.25. The van der Waals surface area contributed by atoms with Crippen molar-refractivity contribution in [1.82, 2.24) is 14.5 Å². The van der Waals surface area contributed by atoms with Crippen LogP contribution in [0.4, 0.5) is 5.82 Å². The zero-order valence-corrected chi connectivity index (χ0v) is 16.3. The van der Waals surface area contributed by atoms with E-state index in [1.54, 1.807) is 6.33 Å². The number of fused-ring (bicyclic) bond motifs is 1. The summed E-state index contributed by atoms with van der Waals surface area (Å²) in [6, 6.07) is 4.52. The normalized spacial score (nSPS) is 15.5. The highest BCUT2D eigenvalue weighted by Crippen LogP contribution is 2.37. The Hall–Kier alpha value is -2.36. The van der Waals surface area contributed by atoms with Gasteiger partial charge in [0, 0.05) is 31.9 Å². The van der Waals surface area contributed by atoms with E-state index in [4.69, 9.17) is 9.97 Å². The van der Waals surface area contributed by atoms with Gasteiger partial charge in [-0.3, -0.25) is 0 Å². The molecule has 0 radical (unpaired) electrons. The van der Waals surface area contributed by atoms with Gasteiger partial charge in [-0.25, -0.2) is 9.97 Å². The van der Waals surface area contributed by atoms with Crippen molar-refractivity contribution in [2.45, 2.75) is 46.5 Å². The molecule has 0 unspecified atom stereocenters. The van der Waals surface area contributed by atoms with Crippen LogP contribution in [0, 0.1) is 20.8 Å². The highest BCUT2D eigenvalue weighted by molar-refractivity contribution is 5.99. The predicted octanol–water partition coefficient (Wildman–Crippen LogP) is 4.94. The third-order valence-corrected chi connectivity index (χ3v) is 5.59. The molecule has 1 aromatic carbocycles. The fourth-order valence-corrected chi connectivity index (χ4v) is 4.51.